The summed E-state index contributed by atoms with van der Waals surface area (Å²) in [6.45, 7) is 8.84. The van der Waals surface area contributed by atoms with Crippen LogP contribution >= 0.6 is 0 Å². The molecular formula is C21H30N4O2. The lowest BCUT2D eigenvalue weighted by molar-refractivity contribution is -0.119. The van der Waals surface area contributed by atoms with Crippen LogP contribution in [-0.2, 0) is 23.4 Å². The second kappa shape index (κ2) is 8.10. The quantitative estimate of drug-likeness (QED) is 0.868. The Morgan fingerprint density at radius 3 is 2.67 bits per heavy atom. The van der Waals surface area contributed by atoms with E-state index in [0.29, 0.717) is 0 Å². The van der Waals surface area contributed by atoms with Crippen LogP contribution in [0.3, 0.4) is 0 Å². The summed E-state index contributed by atoms with van der Waals surface area (Å²) in [7, 11) is 0. The van der Waals surface area contributed by atoms with E-state index in [1.807, 2.05) is 29.1 Å². The number of benzene rings is 1. The summed E-state index contributed by atoms with van der Waals surface area (Å²) in [6, 6.07) is 10.3. The fraction of sp³-hybridized carbons (Fsp3) is 0.571. The Hall–Kier alpha value is -1.73. The van der Waals surface area contributed by atoms with Gasteiger partial charge in [-0.25, -0.2) is 0 Å². The van der Waals surface area contributed by atoms with Crippen molar-refractivity contribution in [2.75, 3.05) is 39.4 Å². The summed E-state index contributed by atoms with van der Waals surface area (Å²) in [5, 5.41) is 16.2. The van der Waals surface area contributed by atoms with Gasteiger partial charge < -0.3 is 9.84 Å². The molecule has 0 spiro atoms. The molecule has 2 aromatic rings. The van der Waals surface area contributed by atoms with E-state index in [4.69, 9.17) is 4.74 Å². The Kier molecular flexibility index (Phi) is 5.59. The zero-order chi connectivity index (χ0) is 18.7. The van der Waals surface area contributed by atoms with Crippen LogP contribution in [0.1, 0.15) is 24.5 Å². The van der Waals surface area contributed by atoms with Gasteiger partial charge in [-0.1, -0.05) is 30.3 Å². The lowest BCUT2D eigenvalue weighted by atomic mass is 9.79. The number of morpholine rings is 1. The van der Waals surface area contributed by atoms with Crippen molar-refractivity contribution in [3.63, 3.8) is 0 Å². The number of hydrogen-bond acceptors (Lipinski definition) is 5. The third kappa shape index (κ3) is 3.94. The van der Waals surface area contributed by atoms with Gasteiger partial charge in [0, 0.05) is 51.0 Å². The van der Waals surface area contributed by atoms with E-state index >= 15 is 0 Å². The highest BCUT2D eigenvalue weighted by atomic mass is 16.5. The molecule has 0 amide bonds. The molecule has 146 valence electrons. The maximum atomic E-state index is 11.8. The minimum absolute atomic E-state index is 0.0683. The van der Waals surface area contributed by atoms with E-state index in [2.05, 4.69) is 40.2 Å². The first-order chi connectivity index (χ1) is 13.2. The maximum absolute atomic E-state index is 11.8. The highest BCUT2D eigenvalue weighted by Crippen LogP contribution is 2.36. The molecule has 2 fully saturated rings. The maximum Gasteiger partial charge on any atom is 0.108 e. The molecule has 0 unspecified atom stereocenters. The van der Waals surface area contributed by atoms with Gasteiger partial charge in [0.15, 0.2) is 0 Å². The number of ether oxygens (including phenoxy) is 1. The van der Waals surface area contributed by atoms with Crippen LogP contribution in [0.2, 0.25) is 0 Å². The van der Waals surface area contributed by atoms with Crippen LogP contribution in [0, 0.1) is 0 Å². The number of aromatic nitrogens is 2. The van der Waals surface area contributed by atoms with Gasteiger partial charge in [0.25, 0.3) is 0 Å². The molecule has 2 aliphatic rings. The summed E-state index contributed by atoms with van der Waals surface area (Å²) < 4.78 is 7.53. The number of piperidine rings is 1. The van der Waals surface area contributed by atoms with Crippen molar-refractivity contribution in [3.8, 4) is 0 Å². The van der Waals surface area contributed by atoms with Gasteiger partial charge >= 0.3 is 0 Å². The number of likely N-dealkylation sites (tertiary alicyclic amines) is 1. The van der Waals surface area contributed by atoms with Crippen LogP contribution < -0.4 is 0 Å². The van der Waals surface area contributed by atoms with Gasteiger partial charge in [0.05, 0.1) is 25.5 Å². The van der Waals surface area contributed by atoms with E-state index in [9.17, 15) is 5.11 Å². The smallest absolute Gasteiger partial charge is 0.108 e. The number of aryl methyl sites for hydroxylation is 1. The average Bonchev–Trinajstić information content (AvgIpc) is 3.18. The second-order valence-corrected chi connectivity index (χ2v) is 7.64. The van der Waals surface area contributed by atoms with Crippen LogP contribution in [0.25, 0.3) is 0 Å². The van der Waals surface area contributed by atoms with Gasteiger partial charge in [-0.3, -0.25) is 14.5 Å². The lowest BCUT2D eigenvalue weighted by Crippen LogP contribution is -2.62. The zero-order valence-corrected chi connectivity index (χ0v) is 16.1. The first-order valence-electron chi connectivity index (χ1n) is 10.0. The summed E-state index contributed by atoms with van der Waals surface area (Å²) >= 11 is 0. The van der Waals surface area contributed by atoms with Gasteiger partial charge in [0.1, 0.15) is 5.60 Å². The summed E-state index contributed by atoms with van der Waals surface area (Å²) in [5.74, 6) is 0. The Balaban J connectivity index is 1.55. The third-order valence-electron chi connectivity index (χ3n) is 5.97. The lowest BCUT2D eigenvalue weighted by Gasteiger charge is -2.50. The number of aliphatic hydroxyl groups is 1. The summed E-state index contributed by atoms with van der Waals surface area (Å²) in [5.41, 5.74) is 1.45. The molecule has 6 heteroatoms. The summed E-state index contributed by atoms with van der Waals surface area (Å²) in [4.78, 5) is 4.87. The molecule has 2 atom stereocenters. The SMILES string of the molecule is CCn1cc(CN2CC[C@](O)(c3ccccc3)[C@H](N3CCOCC3)C2)cn1. The largest absolute Gasteiger partial charge is 0.383 e. The molecule has 0 radical (unpaired) electrons. The van der Waals surface area contributed by atoms with Crippen molar-refractivity contribution >= 4 is 0 Å². The predicted octanol–water partition coefficient (Wildman–Crippen LogP) is 1.70. The first kappa shape index (κ1) is 18.6. The zero-order valence-electron chi connectivity index (χ0n) is 16.1. The van der Waals surface area contributed by atoms with Crippen molar-refractivity contribution in [2.24, 2.45) is 0 Å². The number of hydrogen-bond donors (Lipinski definition) is 1. The molecule has 2 saturated heterocycles. The fourth-order valence-corrected chi connectivity index (χ4v) is 4.41. The van der Waals surface area contributed by atoms with Crippen molar-refractivity contribution in [3.05, 3.63) is 53.9 Å². The van der Waals surface area contributed by atoms with Crippen LogP contribution in [0.15, 0.2) is 42.7 Å². The van der Waals surface area contributed by atoms with Crippen LogP contribution in [0.5, 0.6) is 0 Å². The highest BCUT2D eigenvalue weighted by Gasteiger charge is 2.45. The molecule has 27 heavy (non-hydrogen) atoms. The van der Waals surface area contributed by atoms with Crippen LogP contribution in [-0.4, -0.2) is 70.1 Å². The normalized spacial score (nSPS) is 27.7. The molecule has 1 N–H and O–H groups in total. The van der Waals surface area contributed by atoms with E-state index < -0.39 is 5.60 Å². The minimum atomic E-state index is -0.817. The highest BCUT2D eigenvalue weighted by molar-refractivity contribution is 5.26. The van der Waals surface area contributed by atoms with E-state index in [-0.39, 0.29) is 6.04 Å². The molecule has 3 heterocycles. The Morgan fingerprint density at radius 1 is 1.19 bits per heavy atom. The monoisotopic (exact) mass is 370 g/mol. The van der Waals surface area contributed by atoms with Gasteiger partial charge in [-0.15, -0.1) is 0 Å². The van der Waals surface area contributed by atoms with Gasteiger partial charge in [0.2, 0.25) is 0 Å². The summed E-state index contributed by atoms with van der Waals surface area (Å²) in [6.07, 6.45) is 4.83. The molecule has 6 nitrogen and oxygen atoms in total. The third-order valence-corrected chi connectivity index (χ3v) is 5.97. The van der Waals surface area contributed by atoms with Crippen LogP contribution in [0.4, 0.5) is 0 Å². The molecule has 1 aromatic carbocycles. The minimum Gasteiger partial charge on any atom is -0.383 e. The fourth-order valence-electron chi connectivity index (χ4n) is 4.41. The standard InChI is InChI=1S/C21H30N4O2/c1-2-25-16-18(14-22-25)15-23-9-8-21(26,19-6-4-3-5-7-19)20(17-23)24-10-12-27-13-11-24/h3-7,14,16,20,26H,2,8-13,15,17H2,1H3/t20-,21+/m1/s1. The average molecular weight is 370 g/mol. The Labute approximate surface area is 161 Å². The van der Waals surface area contributed by atoms with Crippen molar-refractivity contribution < 1.29 is 9.84 Å². The van der Waals surface area contributed by atoms with E-state index in [1.165, 1.54) is 5.56 Å². The molecule has 4 rings (SSSR count). The van der Waals surface area contributed by atoms with E-state index in [0.717, 1.165) is 64.5 Å². The molecule has 0 aliphatic carbocycles. The topological polar surface area (TPSA) is 53.8 Å². The van der Waals surface area contributed by atoms with Gasteiger partial charge in [-0.2, -0.15) is 5.10 Å². The number of rotatable bonds is 5. The molecular weight excluding hydrogens is 340 g/mol. The Bertz CT molecular complexity index is 729. The van der Waals surface area contributed by atoms with Crippen molar-refractivity contribution in [2.45, 2.75) is 38.1 Å². The van der Waals surface area contributed by atoms with Crippen molar-refractivity contribution in [1.29, 1.82) is 0 Å². The van der Waals surface area contributed by atoms with Gasteiger partial charge in [-0.05, 0) is 18.9 Å². The molecule has 0 bridgehead atoms. The second-order valence-electron chi connectivity index (χ2n) is 7.64. The first-order valence-corrected chi connectivity index (χ1v) is 10.0. The number of nitrogens with zero attached hydrogens (tertiary/aromatic N) is 4. The molecule has 1 aromatic heterocycles. The van der Waals surface area contributed by atoms with Crippen molar-refractivity contribution in [1.82, 2.24) is 19.6 Å². The predicted molar refractivity (Wildman–Crippen MR) is 104 cm³/mol. The molecule has 2 aliphatic heterocycles. The molecule has 0 saturated carbocycles. The Morgan fingerprint density at radius 2 is 1.96 bits per heavy atom. The van der Waals surface area contributed by atoms with E-state index in [1.54, 1.807) is 0 Å².